The van der Waals surface area contributed by atoms with E-state index in [9.17, 15) is 4.79 Å². The van der Waals surface area contributed by atoms with Gasteiger partial charge in [-0.3, -0.25) is 9.78 Å². The molecule has 1 aliphatic rings. The second kappa shape index (κ2) is 5.82. The molecule has 0 bridgehead atoms. The zero-order chi connectivity index (χ0) is 12.1. The molecule has 1 amide bonds. The van der Waals surface area contributed by atoms with Crippen LogP contribution >= 0.6 is 11.6 Å². The maximum Gasteiger partial charge on any atom is 0.269 e. The third-order valence-corrected chi connectivity index (χ3v) is 3.06. The van der Waals surface area contributed by atoms with E-state index in [-0.39, 0.29) is 5.91 Å². The Hall–Kier alpha value is -1.35. The van der Waals surface area contributed by atoms with Crippen LogP contribution in [-0.4, -0.2) is 17.4 Å². The second-order valence-electron chi connectivity index (χ2n) is 4.12. The molecule has 0 saturated carbocycles. The van der Waals surface area contributed by atoms with Crippen molar-refractivity contribution in [1.29, 1.82) is 0 Å². The SMILES string of the molecule is O=C(NCCC1=CCCC1)c1cc(Cl)ccn1. The lowest BCUT2D eigenvalue weighted by molar-refractivity contribution is 0.0949. The molecule has 2 rings (SSSR count). The van der Waals surface area contributed by atoms with E-state index in [0.29, 0.717) is 17.3 Å². The number of aromatic nitrogens is 1. The van der Waals surface area contributed by atoms with Crippen LogP contribution in [0.5, 0.6) is 0 Å². The summed E-state index contributed by atoms with van der Waals surface area (Å²) in [6, 6.07) is 3.23. The lowest BCUT2D eigenvalue weighted by atomic mass is 10.2. The topological polar surface area (TPSA) is 42.0 Å². The fraction of sp³-hybridized carbons (Fsp3) is 0.385. The summed E-state index contributed by atoms with van der Waals surface area (Å²) in [6.45, 7) is 0.666. The van der Waals surface area contributed by atoms with E-state index in [1.54, 1.807) is 12.1 Å². The van der Waals surface area contributed by atoms with E-state index in [1.165, 1.54) is 31.0 Å². The quantitative estimate of drug-likeness (QED) is 0.835. The van der Waals surface area contributed by atoms with Crippen LogP contribution in [0.1, 0.15) is 36.2 Å². The number of rotatable bonds is 4. The van der Waals surface area contributed by atoms with E-state index < -0.39 is 0 Å². The Morgan fingerprint density at radius 2 is 2.41 bits per heavy atom. The van der Waals surface area contributed by atoms with Gasteiger partial charge in [0.15, 0.2) is 0 Å². The Bertz CT molecular complexity index is 443. The third-order valence-electron chi connectivity index (χ3n) is 2.82. The first-order valence-electron chi connectivity index (χ1n) is 5.83. The first kappa shape index (κ1) is 12.1. The van der Waals surface area contributed by atoms with Crippen molar-refractivity contribution in [2.45, 2.75) is 25.7 Å². The number of nitrogens with one attached hydrogen (secondary N) is 1. The summed E-state index contributed by atoms with van der Waals surface area (Å²) < 4.78 is 0. The highest BCUT2D eigenvalue weighted by atomic mass is 35.5. The smallest absolute Gasteiger partial charge is 0.269 e. The Morgan fingerprint density at radius 1 is 1.53 bits per heavy atom. The van der Waals surface area contributed by atoms with Gasteiger partial charge in [-0.05, 0) is 37.8 Å². The molecule has 0 radical (unpaired) electrons. The molecule has 0 atom stereocenters. The molecule has 0 fully saturated rings. The van der Waals surface area contributed by atoms with Crippen LogP contribution in [0.15, 0.2) is 30.0 Å². The van der Waals surface area contributed by atoms with Crippen LogP contribution in [0, 0.1) is 0 Å². The van der Waals surface area contributed by atoms with Crippen molar-refractivity contribution in [1.82, 2.24) is 10.3 Å². The molecule has 17 heavy (non-hydrogen) atoms. The molecule has 1 aromatic rings. The van der Waals surface area contributed by atoms with Crippen molar-refractivity contribution in [3.8, 4) is 0 Å². The Kier molecular flexibility index (Phi) is 4.15. The molecule has 3 nitrogen and oxygen atoms in total. The summed E-state index contributed by atoms with van der Waals surface area (Å²) in [4.78, 5) is 15.7. The van der Waals surface area contributed by atoms with Crippen LogP contribution < -0.4 is 5.32 Å². The fourth-order valence-electron chi connectivity index (χ4n) is 1.92. The van der Waals surface area contributed by atoms with Gasteiger partial charge in [0.2, 0.25) is 0 Å². The Balaban J connectivity index is 1.81. The maximum atomic E-state index is 11.7. The molecule has 0 aliphatic heterocycles. The van der Waals surface area contributed by atoms with E-state index in [0.717, 1.165) is 6.42 Å². The van der Waals surface area contributed by atoms with Crippen molar-refractivity contribution in [2.75, 3.05) is 6.54 Å². The number of hydrogen-bond acceptors (Lipinski definition) is 2. The summed E-state index contributed by atoms with van der Waals surface area (Å²) in [5.41, 5.74) is 1.82. The van der Waals surface area contributed by atoms with Gasteiger partial charge < -0.3 is 5.32 Å². The molecule has 0 unspecified atom stereocenters. The van der Waals surface area contributed by atoms with Crippen molar-refractivity contribution < 1.29 is 4.79 Å². The monoisotopic (exact) mass is 250 g/mol. The molecule has 0 aromatic carbocycles. The lowest BCUT2D eigenvalue weighted by Gasteiger charge is -2.05. The summed E-state index contributed by atoms with van der Waals surface area (Å²) in [7, 11) is 0. The van der Waals surface area contributed by atoms with E-state index in [1.807, 2.05) is 0 Å². The highest BCUT2D eigenvalue weighted by Crippen LogP contribution is 2.19. The van der Waals surface area contributed by atoms with Crippen LogP contribution in [0.2, 0.25) is 5.02 Å². The van der Waals surface area contributed by atoms with Gasteiger partial charge in [0.1, 0.15) is 5.69 Å². The number of carbonyl (C=O) groups excluding carboxylic acids is 1. The third kappa shape index (κ3) is 3.56. The van der Waals surface area contributed by atoms with Crippen LogP contribution in [0.3, 0.4) is 0 Å². The molecule has 90 valence electrons. The highest BCUT2D eigenvalue weighted by molar-refractivity contribution is 6.30. The van der Waals surface area contributed by atoms with Crippen LogP contribution in [0.4, 0.5) is 0 Å². The van der Waals surface area contributed by atoms with Gasteiger partial charge in [-0.2, -0.15) is 0 Å². The average molecular weight is 251 g/mol. The molecule has 0 spiro atoms. The Labute approximate surface area is 106 Å². The second-order valence-corrected chi connectivity index (χ2v) is 4.56. The lowest BCUT2D eigenvalue weighted by Crippen LogP contribution is -2.25. The number of nitrogens with zero attached hydrogens (tertiary/aromatic N) is 1. The molecular formula is C13H15ClN2O. The van der Waals surface area contributed by atoms with Crippen LogP contribution in [-0.2, 0) is 0 Å². The van der Waals surface area contributed by atoms with E-state index in [2.05, 4.69) is 16.4 Å². The number of pyridine rings is 1. The first-order chi connectivity index (χ1) is 8.25. The minimum absolute atomic E-state index is 0.161. The summed E-state index contributed by atoms with van der Waals surface area (Å²) in [6.07, 6.45) is 8.34. The number of allylic oxidation sites excluding steroid dienone is 1. The molecule has 1 heterocycles. The van der Waals surface area contributed by atoms with Crippen molar-refractivity contribution >= 4 is 17.5 Å². The van der Waals surface area contributed by atoms with E-state index in [4.69, 9.17) is 11.6 Å². The molecule has 1 N–H and O–H groups in total. The number of amides is 1. The van der Waals surface area contributed by atoms with Gasteiger partial charge in [-0.15, -0.1) is 0 Å². The molecule has 0 saturated heterocycles. The van der Waals surface area contributed by atoms with Gasteiger partial charge >= 0.3 is 0 Å². The molecule has 1 aliphatic carbocycles. The fourth-order valence-corrected chi connectivity index (χ4v) is 2.08. The molecule has 4 heteroatoms. The van der Waals surface area contributed by atoms with Gasteiger partial charge in [0, 0.05) is 17.8 Å². The maximum absolute atomic E-state index is 11.7. The normalized spacial score (nSPS) is 14.5. The minimum atomic E-state index is -0.161. The largest absolute Gasteiger partial charge is 0.350 e. The zero-order valence-electron chi connectivity index (χ0n) is 9.58. The zero-order valence-corrected chi connectivity index (χ0v) is 10.3. The van der Waals surface area contributed by atoms with Gasteiger partial charge in [-0.1, -0.05) is 23.3 Å². The summed E-state index contributed by atoms with van der Waals surface area (Å²) >= 11 is 5.80. The summed E-state index contributed by atoms with van der Waals surface area (Å²) in [5.74, 6) is -0.161. The number of hydrogen-bond donors (Lipinski definition) is 1. The van der Waals surface area contributed by atoms with Gasteiger partial charge in [-0.25, -0.2) is 0 Å². The van der Waals surface area contributed by atoms with E-state index >= 15 is 0 Å². The van der Waals surface area contributed by atoms with Crippen molar-refractivity contribution in [3.05, 3.63) is 40.7 Å². The van der Waals surface area contributed by atoms with Gasteiger partial charge in [0.05, 0.1) is 0 Å². The number of carbonyl (C=O) groups is 1. The predicted octanol–water partition coefficient (Wildman–Crippen LogP) is 2.97. The first-order valence-corrected chi connectivity index (χ1v) is 6.21. The van der Waals surface area contributed by atoms with Crippen molar-refractivity contribution in [2.24, 2.45) is 0 Å². The highest BCUT2D eigenvalue weighted by Gasteiger charge is 2.08. The van der Waals surface area contributed by atoms with Crippen molar-refractivity contribution in [3.63, 3.8) is 0 Å². The molecular weight excluding hydrogens is 236 g/mol. The minimum Gasteiger partial charge on any atom is -0.350 e. The average Bonchev–Trinajstić information content (AvgIpc) is 2.82. The predicted molar refractivity (Wildman–Crippen MR) is 68.1 cm³/mol. The van der Waals surface area contributed by atoms with Gasteiger partial charge in [0.25, 0.3) is 5.91 Å². The standard InChI is InChI=1S/C13H15ClN2O/c14-11-6-8-15-12(9-11)13(17)16-7-5-10-3-1-2-4-10/h3,6,8-9H,1-2,4-5,7H2,(H,16,17). The van der Waals surface area contributed by atoms with Crippen LogP contribution in [0.25, 0.3) is 0 Å². The Morgan fingerprint density at radius 3 is 3.12 bits per heavy atom. The summed E-state index contributed by atoms with van der Waals surface area (Å²) in [5, 5.41) is 3.38. The molecule has 1 aromatic heterocycles. The number of halogens is 1.